The highest BCUT2D eigenvalue weighted by molar-refractivity contribution is 7.99. The summed E-state index contributed by atoms with van der Waals surface area (Å²) in [5.41, 5.74) is 0.334. The second-order valence-corrected chi connectivity index (χ2v) is 6.80. The number of hydrogen-bond donors (Lipinski definition) is 1. The van der Waals surface area contributed by atoms with E-state index in [9.17, 15) is 14.4 Å². The predicted molar refractivity (Wildman–Crippen MR) is 101 cm³/mol. The maximum Gasteiger partial charge on any atom is 0.307 e. The van der Waals surface area contributed by atoms with Gasteiger partial charge in [0.1, 0.15) is 0 Å². The molecule has 2 rings (SSSR count). The van der Waals surface area contributed by atoms with Gasteiger partial charge in [0.05, 0.1) is 30.2 Å². The van der Waals surface area contributed by atoms with Crippen molar-refractivity contribution in [3.05, 3.63) is 34.6 Å². The first-order chi connectivity index (χ1) is 12.5. The molecule has 26 heavy (non-hydrogen) atoms. The third-order valence-electron chi connectivity index (χ3n) is 3.95. The molecule has 0 aliphatic heterocycles. The number of nitrogens with one attached hydrogen (secondary N) is 1. The molecule has 2 aromatic rings. The zero-order valence-corrected chi connectivity index (χ0v) is 16.0. The lowest BCUT2D eigenvalue weighted by Gasteiger charge is -2.14. The molecule has 0 fully saturated rings. The number of esters is 1. The van der Waals surface area contributed by atoms with Crippen LogP contribution in [0.1, 0.15) is 26.7 Å². The molecule has 8 heteroatoms. The first-order valence-electron chi connectivity index (χ1n) is 8.44. The number of para-hydroxylation sites is 1. The summed E-state index contributed by atoms with van der Waals surface area (Å²) in [6.45, 7) is 4.08. The summed E-state index contributed by atoms with van der Waals surface area (Å²) >= 11 is 1.18. The summed E-state index contributed by atoms with van der Waals surface area (Å²) in [6.07, 6.45) is 0.900. The lowest BCUT2D eigenvalue weighted by atomic mass is 10.2. The molecule has 1 atom stereocenters. The number of methoxy groups -OCH3 is 1. The minimum absolute atomic E-state index is 0.0586. The van der Waals surface area contributed by atoms with Crippen molar-refractivity contribution < 1.29 is 14.3 Å². The summed E-state index contributed by atoms with van der Waals surface area (Å²) in [6, 6.07) is 7.11. The second kappa shape index (κ2) is 9.38. The van der Waals surface area contributed by atoms with Crippen molar-refractivity contribution >= 4 is 34.5 Å². The van der Waals surface area contributed by atoms with Gasteiger partial charge in [-0.1, -0.05) is 30.8 Å². The fourth-order valence-corrected chi connectivity index (χ4v) is 3.15. The van der Waals surface area contributed by atoms with Gasteiger partial charge in [-0.3, -0.25) is 19.0 Å². The van der Waals surface area contributed by atoms with Gasteiger partial charge < -0.3 is 10.1 Å². The molecule has 140 valence electrons. The third-order valence-corrected chi connectivity index (χ3v) is 4.92. The predicted octanol–water partition coefficient (Wildman–Crippen LogP) is 1.97. The van der Waals surface area contributed by atoms with E-state index in [0.29, 0.717) is 16.1 Å². The molecule has 0 saturated carbocycles. The van der Waals surface area contributed by atoms with Crippen molar-refractivity contribution in [2.75, 3.05) is 12.9 Å². The summed E-state index contributed by atoms with van der Waals surface area (Å²) in [5, 5.41) is 3.77. The molecule has 0 spiro atoms. The maximum absolute atomic E-state index is 12.8. The molecule has 0 aliphatic carbocycles. The first-order valence-corrected chi connectivity index (χ1v) is 9.43. The Morgan fingerprint density at radius 1 is 1.35 bits per heavy atom. The molecule has 7 nitrogen and oxygen atoms in total. The van der Waals surface area contributed by atoms with Gasteiger partial charge in [-0.25, -0.2) is 4.98 Å². The average Bonchev–Trinajstić information content (AvgIpc) is 2.65. The highest BCUT2D eigenvalue weighted by atomic mass is 32.2. The van der Waals surface area contributed by atoms with Crippen molar-refractivity contribution in [1.29, 1.82) is 0 Å². The SMILES string of the molecule is CC[C@H](C)NC(=O)CSc1nc2ccccc2c(=O)n1CCC(=O)OC. The van der Waals surface area contributed by atoms with E-state index < -0.39 is 5.97 Å². The van der Waals surface area contributed by atoms with E-state index in [1.165, 1.54) is 23.4 Å². The van der Waals surface area contributed by atoms with Crippen LogP contribution in [0.25, 0.3) is 10.9 Å². The lowest BCUT2D eigenvalue weighted by molar-refractivity contribution is -0.140. The number of hydrogen-bond acceptors (Lipinski definition) is 6. The van der Waals surface area contributed by atoms with Gasteiger partial charge in [0.2, 0.25) is 5.91 Å². The van der Waals surface area contributed by atoms with E-state index in [1.807, 2.05) is 13.8 Å². The third kappa shape index (κ3) is 5.08. The molecule has 0 bridgehead atoms. The Morgan fingerprint density at radius 3 is 2.77 bits per heavy atom. The Balaban J connectivity index is 2.28. The number of fused-ring (bicyclic) bond motifs is 1. The summed E-state index contributed by atoms with van der Waals surface area (Å²) in [5.74, 6) is -0.380. The number of thioether (sulfide) groups is 1. The van der Waals surface area contributed by atoms with Crippen LogP contribution in [-0.4, -0.2) is 40.3 Å². The summed E-state index contributed by atoms with van der Waals surface area (Å²) in [4.78, 5) is 40.8. The van der Waals surface area contributed by atoms with Crippen LogP contribution in [0.5, 0.6) is 0 Å². The van der Waals surface area contributed by atoms with Crippen LogP contribution in [0.2, 0.25) is 0 Å². The Labute approximate surface area is 156 Å². The monoisotopic (exact) mass is 377 g/mol. The van der Waals surface area contributed by atoms with Crippen molar-refractivity contribution in [3.63, 3.8) is 0 Å². The van der Waals surface area contributed by atoms with Crippen molar-refractivity contribution in [3.8, 4) is 0 Å². The first kappa shape index (κ1) is 20.0. The average molecular weight is 377 g/mol. The molecule has 0 unspecified atom stereocenters. The van der Waals surface area contributed by atoms with E-state index in [0.717, 1.165) is 6.42 Å². The minimum atomic E-state index is -0.407. The second-order valence-electron chi connectivity index (χ2n) is 5.86. The van der Waals surface area contributed by atoms with Gasteiger partial charge in [0, 0.05) is 12.6 Å². The molecule has 1 aromatic heterocycles. The molecule has 0 aliphatic rings. The van der Waals surface area contributed by atoms with E-state index in [2.05, 4.69) is 15.0 Å². The number of carbonyl (C=O) groups is 2. The maximum atomic E-state index is 12.8. The Hall–Kier alpha value is -2.35. The van der Waals surface area contributed by atoms with Crippen LogP contribution >= 0.6 is 11.8 Å². The number of aromatic nitrogens is 2. The van der Waals surface area contributed by atoms with Crippen molar-refractivity contribution in [1.82, 2.24) is 14.9 Å². The summed E-state index contributed by atoms with van der Waals surface area (Å²) < 4.78 is 6.08. The minimum Gasteiger partial charge on any atom is -0.469 e. The molecule has 1 amide bonds. The topological polar surface area (TPSA) is 90.3 Å². The molecule has 1 aromatic carbocycles. The van der Waals surface area contributed by atoms with Crippen LogP contribution in [0.15, 0.2) is 34.2 Å². The Morgan fingerprint density at radius 2 is 2.08 bits per heavy atom. The van der Waals surface area contributed by atoms with Gasteiger partial charge in [0.15, 0.2) is 5.16 Å². The van der Waals surface area contributed by atoms with E-state index in [-0.39, 0.29) is 36.2 Å². The molecule has 0 saturated heterocycles. The lowest BCUT2D eigenvalue weighted by Crippen LogP contribution is -2.33. The normalized spacial score (nSPS) is 12.0. The van der Waals surface area contributed by atoms with Gasteiger partial charge in [-0.05, 0) is 25.5 Å². The quantitative estimate of drug-likeness (QED) is 0.430. The zero-order valence-electron chi connectivity index (χ0n) is 15.2. The van der Waals surface area contributed by atoms with E-state index >= 15 is 0 Å². The van der Waals surface area contributed by atoms with Gasteiger partial charge in [0.25, 0.3) is 5.56 Å². The van der Waals surface area contributed by atoms with Crippen LogP contribution in [-0.2, 0) is 20.9 Å². The van der Waals surface area contributed by atoms with E-state index in [4.69, 9.17) is 0 Å². The highest BCUT2D eigenvalue weighted by Crippen LogP contribution is 2.18. The Bertz CT molecular complexity index is 850. The van der Waals surface area contributed by atoms with Crippen molar-refractivity contribution in [2.45, 2.75) is 44.4 Å². The highest BCUT2D eigenvalue weighted by Gasteiger charge is 2.15. The zero-order chi connectivity index (χ0) is 19.1. The van der Waals surface area contributed by atoms with Crippen LogP contribution < -0.4 is 10.9 Å². The Kier molecular flexibility index (Phi) is 7.20. The molecular weight excluding hydrogens is 354 g/mol. The molecule has 1 heterocycles. The number of carbonyl (C=O) groups excluding carboxylic acids is 2. The van der Waals surface area contributed by atoms with Gasteiger partial charge in [-0.15, -0.1) is 0 Å². The van der Waals surface area contributed by atoms with Crippen LogP contribution in [0, 0.1) is 0 Å². The number of amides is 1. The summed E-state index contributed by atoms with van der Waals surface area (Å²) in [7, 11) is 1.30. The number of nitrogens with zero attached hydrogens (tertiary/aromatic N) is 2. The fraction of sp³-hybridized carbons (Fsp3) is 0.444. The molecular formula is C18H23N3O4S. The number of rotatable bonds is 8. The van der Waals surface area contributed by atoms with Gasteiger partial charge >= 0.3 is 5.97 Å². The smallest absolute Gasteiger partial charge is 0.307 e. The molecule has 1 N–H and O–H groups in total. The largest absolute Gasteiger partial charge is 0.469 e. The fourth-order valence-electron chi connectivity index (χ4n) is 2.31. The van der Waals surface area contributed by atoms with Crippen LogP contribution in [0.3, 0.4) is 0 Å². The number of ether oxygens (including phenoxy) is 1. The molecule has 0 radical (unpaired) electrons. The van der Waals surface area contributed by atoms with Crippen molar-refractivity contribution in [2.24, 2.45) is 0 Å². The van der Waals surface area contributed by atoms with E-state index in [1.54, 1.807) is 24.3 Å². The number of benzene rings is 1. The standard InChI is InChI=1S/C18H23N3O4S/c1-4-12(2)19-15(22)11-26-18-20-14-8-6-5-7-13(14)17(24)21(18)10-9-16(23)25-3/h5-8,12H,4,9-11H2,1-3H3,(H,19,22)/t12-/m0/s1. The van der Waals surface area contributed by atoms with Gasteiger partial charge in [-0.2, -0.15) is 0 Å². The van der Waals surface area contributed by atoms with Crippen LogP contribution in [0.4, 0.5) is 0 Å².